The molecule has 1 aromatic rings. The van der Waals surface area contributed by atoms with Crippen LogP contribution in [0.15, 0.2) is 0 Å². The molecule has 102 valence electrons. The van der Waals surface area contributed by atoms with E-state index in [2.05, 4.69) is 25.2 Å². The van der Waals surface area contributed by atoms with E-state index in [4.69, 9.17) is 0 Å². The Morgan fingerprint density at radius 3 is 3.05 bits per heavy atom. The second-order valence-corrected chi connectivity index (χ2v) is 6.42. The fourth-order valence-corrected chi connectivity index (χ4v) is 3.86. The molecule has 0 bridgehead atoms. The van der Waals surface area contributed by atoms with Crippen LogP contribution in [0.4, 0.5) is 5.00 Å². The van der Waals surface area contributed by atoms with Crippen molar-refractivity contribution in [1.29, 1.82) is 5.26 Å². The molecule has 0 saturated heterocycles. The minimum absolute atomic E-state index is 0.0324. The maximum absolute atomic E-state index is 11.8. The number of thiophene rings is 1. The molecule has 0 saturated carbocycles. The molecule has 3 nitrogen and oxygen atoms in total. The van der Waals surface area contributed by atoms with E-state index in [1.54, 1.807) is 11.3 Å². The first-order chi connectivity index (χ1) is 9.15. The lowest BCUT2D eigenvalue weighted by Crippen LogP contribution is -2.11. The van der Waals surface area contributed by atoms with E-state index in [0.29, 0.717) is 17.9 Å². The van der Waals surface area contributed by atoms with Gasteiger partial charge in [0.05, 0.1) is 5.56 Å². The molecule has 0 aliphatic heterocycles. The van der Waals surface area contributed by atoms with E-state index in [1.165, 1.54) is 10.4 Å². The Hall–Kier alpha value is -1.34. The lowest BCUT2D eigenvalue weighted by atomic mass is 9.88. The predicted octanol–water partition coefficient (Wildman–Crippen LogP) is 3.87. The smallest absolute Gasteiger partial charge is 0.225 e. The SMILES string of the molecule is CCCCC(=O)Nc1sc2c(c1C#N)CC[C@@H](C)C2. The van der Waals surface area contributed by atoms with E-state index in [0.717, 1.165) is 37.1 Å². The highest BCUT2D eigenvalue weighted by atomic mass is 32.1. The molecule has 1 N–H and O–H groups in total. The van der Waals surface area contributed by atoms with Crippen molar-refractivity contribution in [2.24, 2.45) is 5.92 Å². The number of carbonyl (C=O) groups excluding carboxylic acids is 1. The van der Waals surface area contributed by atoms with E-state index < -0.39 is 0 Å². The van der Waals surface area contributed by atoms with Crippen LogP contribution < -0.4 is 5.32 Å². The molecule has 4 heteroatoms. The molecule has 0 aromatic carbocycles. The zero-order valence-electron chi connectivity index (χ0n) is 11.6. The van der Waals surface area contributed by atoms with Crippen molar-refractivity contribution >= 4 is 22.2 Å². The number of fused-ring (bicyclic) bond motifs is 1. The fourth-order valence-electron chi connectivity index (χ4n) is 2.48. The third-order valence-corrected chi connectivity index (χ3v) is 4.80. The number of hydrogen-bond donors (Lipinski definition) is 1. The predicted molar refractivity (Wildman–Crippen MR) is 78.4 cm³/mol. The Bertz CT molecular complexity index is 513. The largest absolute Gasteiger partial charge is 0.317 e. The number of anilines is 1. The quantitative estimate of drug-likeness (QED) is 0.907. The number of nitrogens with zero attached hydrogens (tertiary/aromatic N) is 1. The van der Waals surface area contributed by atoms with Crippen LogP contribution in [0, 0.1) is 17.2 Å². The summed E-state index contributed by atoms with van der Waals surface area (Å²) in [4.78, 5) is 13.1. The normalized spacial score (nSPS) is 17.6. The molecule has 1 aliphatic rings. The minimum atomic E-state index is 0.0324. The molecule has 1 aliphatic carbocycles. The number of unbranched alkanes of at least 4 members (excludes halogenated alkanes) is 1. The first-order valence-electron chi connectivity index (χ1n) is 7.00. The van der Waals surface area contributed by atoms with Gasteiger partial charge in [0, 0.05) is 11.3 Å². The van der Waals surface area contributed by atoms with Gasteiger partial charge in [0.1, 0.15) is 11.1 Å². The summed E-state index contributed by atoms with van der Waals surface area (Å²) < 4.78 is 0. The summed E-state index contributed by atoms with van der Waals surface area (Å²) in [6.45, 7) is 4.31. The summed E-state index contributed by atoms with van der Waals surface area (Å²) in [7, 11) is 0. The highest BCUT2D eigenvalue weighted by Crippen LogP contribution is 2.39. The van der Waals surface area contributed by atoms with Crippen molar-refractivity contribution in [2.45, 2.75) is 52.4 Å². The topological polar surface area (TPSA) is 52.9 Å². The van der Waals surface area contributed by atoms with E-state index in [9.17, 15) is 10.1 Å². The molecule has 1 atom stereocenters. The lowest BCUT2D eigenvalue weighted by molar-refractivity contribution is -0.116. The van der Waals surface area contributed by atoms with Crippen LogP contribution in [-0.4, -0.2) is 5.91 Å². The number of amides is 1. The van der Waals surface area contributed by atoms with Crippen molar-refractivity contribution in [2.75, 3.05) is 5.32 Å². The zero-order valence-corrected chi connectivity index (χ0v) is 12.4. The Morgan fingerprint density at radius 1 is 1.58 bits per heavy atom. The number of carbonyl (C=O) groups is 1. The van der Waals surface area contributed by atoms with Crippen LogP contribution in [0.25, 0.3) is 0 Å². The number of nitriles is 1. The van der Waals surface area contributed by atoms with E-state index >= 15 is 0 Å². The van der Waals surface area contributed by atoms with Gasteiger partial charge in [-0.1, -0.05) is 20.3 Å². The molecular weight excluding hydrogens is 256 g/mol. The van der Waals surface area contributed by atoms with Crippen molar-refractivity contribution in [1.82, 2.24) is 0 Å². The van der Waals surface area contributed by atoms with Gasteiger partial charge in [-0.05, 0) is 37.2 Å². The summed E-state index contributed by atoms with van der Waals surface area (Å²) in [6, 6.07) is 2.28. The maximum Gasteiger partial charge on any atom is 0.225 e. The fraction of sp³-hybridized carbons (Fsp3) is 0.600. The zero-order chi connectivity index (χ0) is 13.8. The molecular formula is C15H20N2OS. The van der Waals surface area contributed by atoms with Crippen LogP contribution in [0.3, 0.4) is 0 Å². The second kappa shape index (κ2) is 6.21. The third-order valence-electron chi connectivity index (χ3n) is 3.63. The summed E-state index contributed by atoms with van der Waals surface area (Å²) >= 11 is 1.60. The van der Waals surface area contributed by atoms with Gasteiger partial charge in [-0.3, -0.25) is 4.79 Å². The summed E-state index contributed by atoms with van der Waals surface area (Å²) in [6.07, 6.45) is 5.61. The molecule has 1 heterocycles. The molecule has 1 amide bonds. The van der Waals surface area contributed by atoms with Gasteiger partial charge in [-0.2, -0.15) is 5.26 Å². The van der Waals surface area contributed by atoms with Crippen LogP contribution in [-0.2, 0) is 17.6 Å². The number of hydrogen-bond acceptors (Lipinski definition) is 3. The van der Waals surface area contributed by atoms with Crippen molar-refractivity contribution < 1.29 is 4.79 Å². The van der Waals surface area contributed by atoms with Gasteiger partial charge in [0.15, 0.2) is 0 Å². The van der Waals surface area contributed by atoms with Crippen molar-refractivity contribution in [3.63, 3.8) is 0 Å². The average Bonchev–Trinajstić information content (AvgIpc) is 2.72. The highest BCUT2D eigenvalue weighted by molar-refractivity contribution is 7.16. The Morgan fingerprint density at radius 2 is 2.37 bits per heavy atom. The second-order valence-electron chi connectivity index (χ2n) is 5.32. The summed E-state index contributed by atoms with van der Waals surface area (Å²) in [5.74, 6) is 0.714. The molecule has 1 aromatic heterocycles. The van der Waals surface area contributed by atoms with Crippen LogP contribution in [0.2, 0.25) is 0 Å². The number of nitrogens with one attached hydrogen (secondary N) is 1. The molecule has 0 unspecified atom stereocenters. The summed E-state index contributed by atoms with van der Waals surface area (Å²) in [5, 5.41) is 13.0. The van der Waals surface area contributed by atoms with E-state index in [-0.39, 0.29) is 5.91 Å². The van der Waals surface area contributed by atoms with Gasteiger partial charge in [-0.15, -0.1) is 11.3 Å². The third kappa shape index (κ3) is 3.16. The Balaban J connectivity index is 2.17. The number of rotatable bonds is 4. The highest BCUT2D eigenvalue weighted by Gasteiger charge is 2.24. The lowest BCUT2D eigenvalue weighted by Gasteiger charge is -2.17. The molecule has 0 radical (unpaired) electrons. The van der Waals surface area contributed by atoms with Gasteiger partial charge < -0.3 is 5.32 Å². The van der Waals surface area contributed by atoms with Crippen LogP contribution in [0.5, 0.6) is 0 Å². The first kappa shape index (κ1) is 14.1. The summed E-state index contributed by atoms with van der Waals surface area (Å²) in [5.41, 5.74) is 1.88. The molecule has 0 fully saturated rings. The standard InChI is InChI=1S/C15H20N2OS/c1-3-4-5-14(18)17-15-12(9-16)11-7-6-10(2)8-13(11)19-15/h10H,3-8H2,1-2H3,(H,17,18)/t10-/m1/s1. The van der Waals surface area contributed by atoms with Crippen LogP contribution >= 0.6 is 11.3 Å². The average molecular weight is 276 g/mol. The molecule has 2 rings (SSSR count). The molecule has 19 heavy (non-hydrogen) atoms. The monoisotopic (exact) mass is 276 g/mol. The van der Waals surface area contributed by atoms with E-state index in [1.807, 2.05) is 0 Å². The van der Waals surface area contributed by atoms with Gasteiger partial charge in [-0.25, -0.2) is 0 Å². The molecule has 0 spiro atoms. The Labute approximate surface area is 118 Å². The van der Waals surface area contributed by atoms with Crippen molar-refractivity contribution in [3.05, 3.63) is 16.0 Å². The van der Waals surface area contributed by atoms with Crippen molar-refractivity contribution in [3.8, 4) is 6.07 Å². The van der Waals surface area contributed by atoms with Gasteiger partial charge in [0.2, 0.25) is 5.91 Å². The van der Waals surface area contributed by atoms with Gasteiger partial charge in [0.25, 0.3) is 0 Å². The maximum atomic E-state index is 11.8. The Kier molecular flexibility index (Phi) is 4.60. The van der Waals surface area contributed by atoms with Crippen LogP contribution in [0.1, 0.15) is 55.5 Å². The first-order valence-corrected chi connectivity index (χ1v) is 7.81. The minimum Gasteiger partial charge on any atom is -0.317 e. The van der Waals surface area contributed by atoms with Gasteiger partial charge >= 0.3 is 0 Å².